The van der Waals surface area contributed by atoms with Crippen molar-refractivity contribution in [1.29, 1.82) is 0 Å². The van der Waals surface area contributed by atoms with E-state index in [-0.39, 0.29) is 24.8 Å². The number of carbonyl (C=O) groups is 1. The maximum atomic E-state index is 12.8. The largest absolute Gasteiger partial charge is 0.398 e. The first-order valence-electron chi connectivity index (χ1n) is 5.57. The van der Waals surface area contributed by atoms with Crippen LogP contribution in [0.2, 0.25) is 0 Å². The van der Waals surface area contributed by atoms with Crippen LogP contribution in [-0.2, 0) is 4.79 Å². The molecular formula is C10H15F3N2O2. The van der Waals surface area contributed by atoms with Gasteiger partial charge in [-0.1, -0.05) is 0 Å². The van der Waals surface area contributed by atoms with Gasteiger partial charge in [-0.15, -0.1) is 0 Å². The average Bonchev–Trinajstić information content (AvgIpc) is 2.58. The van der Waals surface area contributed by atoms with E-state index in [1.807, 2.05) is 0 Å². The number of likely N-dealkylation sites (tertiary alicyclic amines) is 1. The zero-order valence-corrected chi connectivity index (χ0v) is 9.26. The van der Waals surface area contributed by atoms with E-state index >= 15 is 0 Å². The van der Waals surface area contributed by atoms with Crippen molar-refractivity contribution in [2.45, 2.75) is 12.6 Å². The molecule has 0 unspecified atom stereocenters. The number of hydrogen-bond donors (Lipinski definition) is 2. The van der Waals surface area contributed by atoms with E-state index in [4.69, 9.17) is 5.11 Å². The second kappa shape index (κ2) is 4.13. The number of nitrogens with zero attached hydrogens (tertiary/aromatic N) is 1. The molecule has 2 fully saturated rings. The van der Waals surface area contributed by atoms with Gasteiger partial charge in [0, 0.05) is 26.2 Å². The highest BCUT2D eigenvalue weighted by molar-refractivity contribution is 5.80. The molecule has 2 rings (SSSR count). The topological polar surface area (TPSA) is 52.6 Å². The summed E-state index contributed by atoms with van der Waals surface area (Å²) in [7, 11) is 0. The molecule has 0 aromatic heterocycles. The van der Waals surface area contributed by atoms with Crippen molar-refractivity contribution in [3.8, 4) is 0 Å². The standard InChI is InChI=1S/C10H15F3N2O2/c11-10(12,13)9(6-16)1-2-15(5-9)8(17)7-3-14-4-7/h7,14,16H,1-6H2/t9-/m1/s1. The number of alkyl halides is 3. The maximum absolute atomic E-state index is 12.8. The zero-order chi connectivity index (χ0) is 12.7. The summed E-state index contributed by atoms with van der Waals surface area (Å²) in [6.07, 6.45) is -4.67. The summed E-state index contributed by atoms with van der Waals surface area (Å²) in [5.74, 6) is -0.430. The fraction of sp³-hybridized carbons (Fsp3) is 0.900. The second-order valence-corrected chi connectivity index (χ2v) is 4.80. The SMILES string of the molecule is O=C(C1CNC1)N1CC[C@@](CO)(C(F)(F)F)C1. The smallest absolute Gasteiger partial charge is 0.395 e. The molecule has 7 heteroatoms. The van der Waals surface area contributed by atoms with Crippen molar-refractivity contribution in [2.75, 3.05) is 32.8 Å². The highest BCUT2D eigenvalue weighted by Gasteiger charge is 2.58. The molecule has 1 atom stereocenters. The van der Waals surface area contributed by atoms with E-state index in [9.17, 15) is 18.0 Å². The van der Waals surface area contributed by atoms with Crippen LogP contribution in [0.25, 0.3) is 0 Å². The Balaban J connectivity index is 2.04. The van der Waals surface area contributed by atoms with Crippen LogP contribution in [0, 0.1) is 11.3 Å². The third-order valence-electron chi connectivity index (χ3n) is 3.70. The summed E-state index contributed by atoms with van der Waals surface area (Å²) in [5.41, 5.74) is -2.13. The minimum absolute atomic E-state index is 0.0788. The predicted molar refractivity (Wildman–Crippen MR) is 53.1 cm³/mol. The Bertz CT molecular complexity index is 317. The van der Waals surface area contributed by atoms with E-state index in [1.54, 1.807) is 0 Å². The summed E-state index contributed by atoms with van der Waals surface area (Å²) in [6.45, 7) is -0.220. The lowest BCUT2D eigenvalue weighted by molar-refractivity contribution is -0.230. The first kappa shape index (κ1) is 12.6. The fourth-order valence-corrected chi connectivity index (χ4v) is 2.23. The normalized spacial score (nSPS) is 30.5. The number of aliphatic hydroxyl groups is 1. The summed E-state index contributed by atoms with van der Waals surface area (Å²) in [6, 6.07) is 0. The molecule has 0 aromatic rings. The molecule has 2 aliphatic heterocycles. The molecule has 2 aliphatic rings. The summed E-state index contributed by atoms with van der Waals surface area (Å²) >= 11 is 0. The van der Waals surface area contributed by atoms with Gasteiger partial charge in [0.2, 0.25) is 5.91 Å². The highest BCUT2D eigenvalue weighted by Crippen LogP contribution is 2.45. The van der Waals surface area contributed by atoms with Crippen LogP contribution in [0.15, 0.2) is 0 Å². The van der Waals surface area contributed by atoms with Crippen molar-refractivity contribution in [3.63, 3.8) is 0 Å². The molecule has 2 N–H and O–H groups in total. The van der Waals surface area contributed by atoms with E-state index < -0.39 is 24.7 Å². The lowest BCUT2D eigenvalue weighted by Crippen LogP contribution is -2.52. The summed E-state index contributed by atoms with van der Waals surface area (Å²) in [4.78, 5) is 13.0. The van der Waals surface area contributed by atoms with Crippen molar-refractivity contribution in [3.05, 3.63) is 0 Å². The molecule has 0 spiro atoms. The minimum atomic E-state index is -4.46. The second-order valence-electron chi connectivity index (χ2n) is 4.80. The Labute approximate surface area is 96.8 Å². The van der Waals surface area contributed by atoms with Crippen LogP contribution in [-0.4, -0.2) is 54.9 Å². The molecule has 4 nitrogen and oxygen atoms in total. The lowest BCUT2D eigenvalue weighted by atomic mass is 9.87. The number of hydrogen-bond acceptors (Lipinski definition) is 3. The molecule has 2 saturated heterocycles. The molecule has 17 heavy (non-hydrogen) atoms. The van der Waals surface area contributed by atoms with Gasteiger partial charge in [0.25, 0.3) is 0 Å². The van der Waals surface area contributed by atoms with Gasteiger partial charge < -0.3 is 15.3 Å². The Hall–Kier alpha value is -0.820. The number of nitrogens with one attached hydrogen (secondary N) is 1. The van der Waals surface area contributed by atoms with Crippen molar-refractivity contribution in [2.24, 2.45) is 11.3 Å². The molecule has 0 aliphatic carbocycles. The quantitative estimate of drug-likeness (QED) is 0.726. The molecule has 0 radical (unpaired) electrons. The van der Waals surface area contributed by atoms with Crippen LogP contribution in [0.3, 0.4) is 0 Å². The Morgan fingerprint density at radius 2 is 2.12 bits per heavy atom. The molecule has 98 valence electrons. The van der Waals surface area contributed by atoms with Crippen LogP contribution in [0.5, 0.6) is 0 Å². The van der Waals surface area contributed by atoms with Crippen molar-refractivity contribution < 1.29 is 23.1 Å². The Morgan fingerprint density at radius 1 is 1.47 bits per heavy atom. The molecule has 0 bridgehead atoms. The van der Waals surface area contributed by atoms with E-state index in [2.05, 4.69) is 5.32 Å². The molecule has 1 amide bonds. The number of carbonyl (C=O) groups excluding carboxylic acids is 1. The van der Waals surface area contributed by atoms with Crippen LogP contribution >= 0.6 is 0 Å². The maximum Gasteiger partial charge on any atom is 0.398 e. The van der Waals surface area contributed by atoms with Crippen LogP contribution in [0.1, 0.15) is 6.42 Å². The van der Waals surface area contributed by atoms with Crippen LogP contribution < -0.4 is 5.32 Å². The van der Waals surface area contributed by atoms with Gasteiger partial charge in [0.05, 0.1) is 12.5 Å². The van der Waals surface area contributed by atoms with Gasteiger partial charge >= 0.3 is 6.18 Å². The summed E-state index contributed by atoms with van der Waals surface area (Å²) in [5, 5.41) is 11.9. The van der Waals surface area contributed by atoms with Gasteiger partial charge in [-0.2, -0.15) is 13.2 Å². The number of amides is 1. The van der Waals surface area contributed by atoms with Gasteiger partial charge in [-0.25, -0.2) is 0 Å². The number of rotatable bonds is 2. The molecular weight excluding hydrogens is 237 g/mol. The Kier molecular flexibility index (Phi) is 3.07. The third-order valence-corrected chi connectivity index (χ3v) is 3.70. The predicted octanol–water partition coefficient (Wildman–Crippen LogP) is -0.0209. The van der Waals surface area contributed by atoms with E-state index in [1.165, 1.54) is 4.90 Å². The lowest BCUT2D eigenvalue weighted by Gasteiger charge is -2.32. The number of aliphatic hydroxyl groups excluding tert-OH is 1. The van der Waals surface area contributed by atoms with Gasteiger partial charge in [-0.3, -0.25) is 4.79 Å². The van der Waals surface area contributed by atoms with Gasteiger partial charge in [0.1, 0.15) is 5.41 Å². The number of halogens is 3. The molecule has 2 heterocycles. The minimum Gasteiger partial charge on any atom is -0.395 e. The first-order valence-corrected chi connectivity index (χ1v) is 5.57. The summed E-state index contributed by atoms with van der Waals surface area (Å²) < 4.78 is 38.5. The monoisotopic (exact) mass is 252 g/mol. The molecule has 0 saturated carbocycles. The highest BCUT2D eigenvalue weighted by atomic mass is 19.4. The fourth-order valence-electron chi connectivity index (χ4n) is 2.23. The average molecular weight is 252 g/mol. The van der Waals surface area contributed by atoms with Gasteiger partial charge in [-0.05, 0) is 6.42 Å². The third kappa shape index (κ3) is 2.01. The molecule has 0 aromatic carbocycles. The van der Waals surface area contributed by atoms with E-state index in [0.717, 1.165) is 0 Å². The Morgan fingerprint density at radius 3 is 2.47 bits per heavy atom. The van der Waals surface area contributed by atoms with E-state index in [0.29, 0.717) is 13.1 Å². The van der Waals surface area contributed by atoms with Crippen molar-refractivity contribution >= 4 is 5.91 Å². The van der Waals surface area contributed by atoms with Crippen LogP contribution in [0.4, 0.5) is 13.2 Å². The van der Waals surface area contributed by atoms with Gasteiger partial charge in [0.15, 0.2) is 0 Å². The zero-order valence-electron chi connectivity index (χ0n) is 9.26. The first-order chi connectivity index (χ1) is 7.89. The van der Waals surface area contributed by atoms with Crippen molar-refractivity contribution in [1.82, 2.24) is 10.2 Å².